The van der Waals surface area contributed by atoms with Crippen molar-refractivity contribution in [3.05, 3.63) is 53.6 Å². The minimum Gasteiger partial charge on any atom is -0.490 e. The second-order valence-corrected chi connectivity index (χ2v) is 11.1. The van der Waals surface area contributed by atoms with E-state index in [0.717, 1.165) is 23.4 Å². The molecule has 0 aliphatic carbocycles. The van der Waals surface area contributed by atoms with E-state index in [1.165, 1.54) is 5.56 Å². The SMILES string of the molecule is Cc1cccc(N2CCN(S(=O)(=O)CCCOc3cccc4c3OC(C)(C)C4)CC2)c1. The minimum absolute atomic E-state index is 0.0961. The molecule has 168 valence electrons. The van der Waals surface area contributed by atoms with E-state index < -0.39 is 10.0 Å². The Morgan fingerprint density at radius 3 is 2.55 bits per heavy atom. The maximum Gasteiger partial charge on any atom is 0.214 e. The fourth-order valence-corrected chi connectivity index (χ4v) is 5.76. The molecule has 2 aliphatic heterocycles. The molecule has 0 radical (unpaired) electrons. The van der Waals surface area contributed by atoms with Crippen molar-refractivity contribution in [2.24, 2.45) is 0 Å². The summed E-state index contributed by atoms with van der Waals surface area (Å²) in [7, 11) is -3.29. The standard InChI is InChI=1S/C24H32N2O4S/c1-19-7-4-9-21(17-19)25-11-13-26(14-12-25)31(27,28)16-6-15-29-22-10-5-8-20-18-24(2,3)30-23(20)22/h4-5,7-10,17H,6,11-16,18H2,1-3H3. The third-order valence-corrected chi connectivity index (χ3v) is 7.81. The molecule has 6 nitrogen and oxygen atoms in total. The van der Waals surface area contributed by atoms with Gasteiger partial charge in [0, 0.05) is 43.9 Å². The molecular formula is C24H32N2O4S. The number of piperazine rings is 1. The van der Waals surface area contributed by atoms with Crippen LogP contribution in [0.1, 0.15) is 31.4 Å². The van der Waals surface area contributed by atoms with Crippen LogP contribution in [-0.2, 0) is 16.4 Å². The van der Waals surface area contributed by atoms with Crippen molar-refractivity contribution in [3.63, 3.8) is 0 Å². The fourth-order valence-electron chi connectivity index (χ4n) is 4.30. The van der Waals surface area contributed by atoms with Crippen molar-refractivity contribution in [3.8, 4) is 11.5 Å². The van der Waals surface area contributed by atoms with Crippen LogP contribution in [0.3, 0.4) is 0 Å². The molecule has 1 saturated heterocycles. The van der Waals surface area contributed by atoms with Gasteiger partial charge in [0.25, 0.3) is 0 Å². The number of ether oxygens (including phenoxy) is 2. The highest BCUT2D eigenvalue weighted by atomic mass is 32.2. The van der Waals surface area contributed by atoms with E-state index in [4.69, 9.17) is 9.47 Å². The van der Waals surface area contributed by atoms with E-state index in [2.05, 4.69) is 49.9 Å². The summed E-state index contributed by atoms with van der Waals surface area (Å²) in [6, 6.07) is 14.2. The number of hydrogen-bond acceptors (Lipinski definition) is 5. The van der Waals surface area contributed by atoms with Crippen LogP contribution < -0.4 is 14.4 Å². The van der Waals surface area contributed by atoms with Gasteiger partial charge in [-0.1, -0.05) is 24.3 Å². The second kappa shape index (κ2) is 8.71. The Labute approximate surface area is 185 Å². The molecule has 4 rings (SSSR count). The maximum atomic E-state index is 12.8. The molecule has 1 fully saturated rings. The second-order valence-electron chi connectivity index (χ2n) is 9.03. The van der Waals surface area contributed by atoms with Gasteiger partial charge in [0.05, 0.1) is 12.4 Å². The maximum absolute atomic E-state index is 12.8. The summed E-state index contributed by atoms with van der Waals surface area (Å²) in [6.45, 7) is 9.00. The predicted molar refractivity (Wildman–Crippen MR) is 124 cm³/mol. The number of aryl methyl sites for hydroxylation is 1. The zero-order valence-corrected chi connectivity index (χ0v) is 19.5. The van der Waals surface area contributed by atoms with Gasteiger partial charge in [-0.3, -0.25) is 0 Å². The lowest BCUT2D eigenvalue weighted by Crippen LogP contribution is -2.49. The lowest BCUT2D eigenvalue weighted by molar-refractivity contribution is 0.132. The first-order valence-electron chi connectivity index (χ1n) is 11.0. The van der Waals surface area contributed by atoms with Gasteiger partial charge in [-0.15, -0.1) is 0 Å². The summed E-state index contributed by atoms with van der Waals surface area (Å²) >= 11 is 0. The van der Waals surface area contributed by atoms with Crippen LogP contribution in [0.4, 0.5) is 5.69 Å². The molecule has 0 aromatic heterocycles. The van der Waals surface area contributed by atoms with Gasteiger partial charge in [-0.05, 0) is 51.0 Å². The predicted octanol–water partition coefficient (Wildman–Crippen LogP) is 3.63. The van der Waals surface area contributed by atoms with Crippen molar-refractivity contribution in [2.45, 2.75) is 39.2 Å². The van der Waals surface area contributed by atoms with Crippen molar-refractivity contribution in [2.75, 3.05) is 43.4 Å². The Bertz CT molecular complexity index is 1030. The summed E-state index contributed by atoms with van der Waals surface area (Å²) in [5.41, 5.74) is 3.28. The van der Waals surface area contributed by atoms with E-state index in [-0.39, 0.29) is 11.4 Å². The summed E-state index contributed by atoms with van der Waals surface area (Å²) in [5.74, 6) is 1.59. The van der Waals surface area contributed by atoms with Crippen molar-refractivity contribution < 1.29 is 17.9 Å². The van der Waals surface area contributed by atoms with Crippen LogP contribution in [0.2, 0.25) is 0 Å². The Morgan fingerprint density at radius 1 is 1.06 bits per heavy atom. The molecule has 2 heterocycles. The fraction of sp³-hybridized carbons (Fsp3) is 0.500. The molecule has 31 heavy (non-hydrogen) atoms. The van der Waals surface area contributed by atoms with Crippen LogP contribution in [0.5, 0.6) is 11.5 Å². The summed E-state index contributed by atoms with van der Waals surface area (Å²) in [6.07, 6.45) is 1.30. The van der Waals surface area contributed by atoms with Gasteiger partial charge in [0.15, 0.2) is 11.5 Å². The highest BCUT2D eigenvalue weighted by Gasteiger charge is 2.32. The number of rotatable bonds is 7. The van der Waals surface area contributed by atoms with E-state index in [1.54, 1.807) is 4.31 Å². The van der Waals surface area contributed by atoms with Gasteiger partial charge in [0.1, 0.15) is 5.60 Å². The summed E-state index contributed by atoms with van der Waals surface area (Å²) in [4.78, 5) is 2.25. The molecule has 0 saturated carbocycles. The zero-order valence-electron chi connectivity index (χ0n) is 18.6. The average molecular weight is 445 g/mol. The topological polar surface area (TPSA) is 59.1 Å². The zero-order chi connectivity index (χ0) is 22.1. The first-order valence-corrected chi connectivity index (χ1v) is 12.6. The van der Waals surface area contributed by atoms with E-state index in [1.807, 2.05) is 18.2 Å². The molecule has 0 spiro atoms. The Kier molecular flexibility index (Phi) is 6.17. The van der Waals surface area contributed by atoms with Gasteiger partial charge in [0.2, 0.25) is 10.0 Å². The van der Waals surface area contributed by atoms with Gasteiger partial charge < -0.3 is 14.4 Å². The lowest BCUT2D eigenvalue weighted by Gasteiger charge is -2.35. The molecule has 0 bridgehead atoms. The van der Waals surface area contributed by atoms with Crippen LogP contribution in [0.15, 0.2) is 42.5 Å². The molecular weight excluding hydrogens is 412 g/mol. The van der Waals surface area contributed by atoms with E-state index in [9.17, 15) is 8.42 Å². The molecule has 2 aromatic carbocycles. The number of para-hydroxylation sites is 1. The molecule has 0 amide bonds. The number of anilines is 1. The average Bonchev–Trinajstić information content (AvgIpc) is 3.06. The Balaban J connectivity index is 1.26. The quantitative estimate of drug-likeness (QED) is 0.611. The minimum atomic E-state index is -3.29. The van der Waals surface area contributed by atoms with E-state index in [0.29, 0.717) is 45.0 Å². The van der Waals surface area contributed by atoms with Crippen LogP contribution in [0.25, 0.3) is 0 Å². The number of nitrogens with zero attached hydrogens (tertiary/aromatic N) is 2. The smallest absolute Gasteiger partial charge is 0.214 e. The van der Waals surface area contributed by atoms with Gasteiger partial charge >= 0.3 is 0 Å². The highest BCUT2D eigenvalue weighted by Crippen LogP contribution is 2.41. The third kappa shape index (κ3) is 5.15. The Morgan fingerprint density at radius 2 is 1.81 bits per heavy atom. The lowest BCUT2D eigenvalue weighted by atomic mass is 10.0. The highest BCUT2D eigenvalue weighted by molar-refractivity contribution is 7.89. The van der Waals surface area contributed by atoms with Crippen molar-refractivity contribution in [1.29, 1.82) is 0 Å². The van der Waals surface area contributed by atoms with Crippen LogP contribution in [-0.4, -0.2) is 56.9 Å². The molecule has 0 atom stereocenters. The van der Waals surface area contributed by atoms with Crippen LogP contribution in [0, 0.1) is 6.92 Å². The first-order chi connectivity index (χ1) is 14.7. The number of hydrogen-bond donors (Lipinski definition) is 0. The van der Waals surface area contributed by atoms with Crippen molar-refractivity contribution in [1.82, 2.24) is 4.31 Å². The monoisotopic (exact) mass is 444 g/mol. The van der Waals surface area contributed by atoms with Gasteiger partial charge in [-0.2, -0.15) is 4.31 Å². The summed E-state index contributed by atoms with van der Waals surface area (Å²) < 4.78 is 39.1. The van der Waals surface area contributed by atoms with Gasteiger partial charge in [-0.25, -0.2) is 8.42 Å². The number of sulfonamides is 1. The number of benzene rings is 2. The molecule has 2 aromatic rings. The largest absolute Gasteiger partial charge is 0.490 e. The molecule has 2 aliphatic rings. The third-order valence-electron chi connectivity index (χ3n) is 5.86. The molecule has 0 N–H and O–H groups in total. The summed E-state index contributed by atoms with van der Waals surface area (Å²) in [5, 5.41) is 0. The number of fused-ring (bicyclic) bond motifs is 1. The first kappa shape index (κ1) is 22.0. The molecule has 0 unspecified atom stereocenters. The molecule has 7 heteroatoms. The van der Waals surface area contributed by atoms with E-state index >= 15 is 0 Å². The Hall–Kier alpha value is -2.25. The van der Waals surface area contributed by atoms with Crippen LogP contribution >= 0.6 is 0 Å². The normalized spacial score (nSPS) is 18.5. The van der Waals surface area contributed by atoms with Crippen molar-refractivity contribution >= 4 is 15.7 Å².